The Morgan fingerprint density at radius 1 is 0.846 bits per heavy atom. The number of nitriles is 1. The van der Waals surface area contributed by atoms with Gasteiger partial charge in [-0.05, 0) is 36.2 Å². The maximum absolute atomic E-state index is 14.8. The monoisotopic (exact) mass is 557 g/mol. The van der Waals surface area contributed by atoms with Gasteiger partial charge in [0.05, 0.1) is 18.8 Å². The van der Waals surface area contributed by atoms with Gasteiger partial charge in [-0.25, -0.2) is 26.3 Å². The fraction of sp³-hybridized carbons (Fsp3) is 0.296. The second-order valence-electron chi connectivity index (χ2n) is 8.82. The molecule has 0 radical (unpaired) electrons. The van der Waals surface area contributed by atoms with Gasteiger partial charge in [-0.1, -0.05) is 13.3 Å². The fourth-order valence-corrected chi connectivity index (χ4v) is 4.23. The van der Waals surface area contributed by atoms with Crippen molar-refractivity contribution in [3.8, 4) is 22.9 Å². The van der Waals surface area contributed by atoms with Crippen LogP contribution in [0.15, 0.2) is 36.4 Å². The predicted octanol–water partition coefficient (Wildman–Crippen LogP) is 7.65. The first-order chi connectivity index (χ1) is 18.4. The van der Waals surface area contributed by atoms with Crippen LogP contribution in [0.4, 0.5) is 35.1 Å². The zero-order chi connectivity index (χ0) is 28.5. The molecule has 206 valence electrons. The van der Waals surface area contributed by atoms with Crippen LogP contribution >= 0.6 is 0 Å². The summed E-state index contributed by atoms with van der Waals surface area (Å²) in [5, 5.41) is 8.72. The first-order valence-electron chi connectivity index (χ1n) is 11.6. The zero-order valence-corrected chi connectivity index (χ0v) is 20.1. The highest BCUT2D eigenvalue weighted by atomic mass is 19.3. The number of hydrogen-bond donors (Lipinski definition) is 0. The number of halogens is 8. The summed E-state index contributed by atoms with van der Waals surface area (Å²) in [5.74, 6) is -10.5. The highest BCUT2D eigenvalue weighted by Gasteiger charge is 2.42. The first-order valence-corrected chi connectivity index (χ1v) is 11.6. The van der Waals surface area contributed by atoms with Gasteiger partial charge in [-0.15, -0.1) is 0 Å². The van der Waals surface area contributed by atoms with Crippen LogP contribution in [-0.4, -0.2) is 13.2 Å². The Morgan fingerprint density at radius 3 is 1.87 bits per heavy atom. The quantitative estimate of drug-likeness (QED) is 0.280. The molecule has 0 atom stereocenters. The van der Waals surface area contributed by atoms with E-state index in [-0.39, 0.29) is 36.8 Å². The minimum absolute atomic E-state index is 0.0834. The standard InChI is InChI=1S/C27H19F8NO3/c1-2-3-13-11-37-26(38-12-13)15-6-22(32)25(23(33)7-15)27(34,35)39-16-8-20(30)24(21(31)9-16)14-4-18(28)17(10-36)19(29)5-14/h4-9,13,26H,2-3,11-12H2,1H3. The highest BCUT2D eigenvalue weighted by molar-refractivity contribution is 5.67. The third-order valence-electron chi connectivity index (χ3n) is 6.00. The summed E-state index contributed by atoms with van der Waals surface area (Å²) < 4.78 is 131. The molecule has 0 bridgehead atoms. The molecular weight excluding hydrogens is 538 g/mol. The normalized spacial score (nSPS) is 17.6. The Kier molecular flexibility index (Phi) is 8.13. The second-order valence-corrected chi connectivity index (χ2v) is 8.82. The van der Waals surface area contributed by atoms with E-state index in [1.807, 2.05) is 6.92 Å². The highest BCUT2D eigenvalue weighted by Crippen LogP contribution is 2.39. The number of benzene rings is 3. The molecule has 0 saturated carbocycles. The van der Waals surface area contributed by atoms with E-state index in [0.29, 0.717) is 24.3 Å². The molecule has 1 fully saturated rings. The van der Waals surface area contributed by atoms with Crippen LogP contribution in [0, 0.1) is 52.2 Å². The van der Waals surface area contributed by atoms with Gasteiger partial charge in [0.2, 0.25) is 0 Å². The summed E-state index contributed by atoms with van der Waals surface area (Å²) >= 11 is 0. The van der Waals surface area contributed by atoms with Crippen molar-refractivity contribution in [1.29, 1.82) is 5.26 Å². The molecule has 0 aliphatic carbocycles. The SMILES string of the molecule is CCCC1COC(c2cc(F)c(C(F)(F)Oc3cc(F)c(-c4cc(F)c(C#N)c(F)c4)c(F)c3)c(F)c2)OC1. The van der Waals surface area contributed by atoms with E-state index in [9.17, 15) is 35.1 Å². The van der Waals surface area contributed by atoms with Gasteiger partial charge < -0.3 is 14.2 Å². The molecule has 0 aromatic heterocycles. The maximum atomic E-state index is 14.8. The van der Waals surface area contributed by atoms with Crippen molar-refractivity contribution in [3.63, 3.8) is 0 Å². The fourth-order valence-electron chi connectivity index (χ4n) is 4.23. The van der Waals surface area contributed by atoms with Crippen molar-refractivity contribution in [3.05, 3.63) is 88.0 Å². The smallest absolute Gasteiger partial charge is 0.429 e. The molecule has 0 amide bonds. The molecule has 12 heteroatoms. The minimum atomic E-state index is -4.74. The molecule has 0 spiro atoms. The van der Waals surface area contributed by atoms with Gasteiger partial charge in [0.1, 0.15) is 57.8 Å². The van der Waals surface area contributed by atoms with E-state index in [4.69, 9.17) is 14.7 Å². The van der Waals surface area contributed by atoms with Gasteiger partial charge in [0.15, 0.2) is 6.29 Å². The van der Waals surface area contributed by atoms with Crippen LogP contribution in [-0.2, 0) is 15.6 Å². The molecule has 0 unspecified atom stereocenters. The summed E-state index contributed by atoms with van der Waals surface area (Å²) in [4.78, 5) is 0. The van der Waals surface area contributed by atoms with Crippen LogP contribution in [0.5, 0.6) is 5.75 Å². The topological polar surface area (TPSA) is 51.5 Å². The molecule has 1 saturated heterocycles. The third-order valence-corrected chi connectivity index (χ3v) is 6.00. The van der Waals surface area contributed by atoms with Gasteiger partial charge in [0.25, 0.3) is 0 Å². The van der Waals surface area contributed by atoms with Crippen LogP contribution < -0.4 is 4.74 Å². The van der Waals surface area contributed by atoms with Gasteiger partial charge in [0, 0.05) is 23.6 Å². The average molecular weight is 557 g/mol. The Morgan fingerprint density at radius 2 is 1.38 bits per heavy atom. The number of alkyl halides is 2. The molecule has 1 aliphatic heterocycles. The van der Waals surface area contributed by atoms with Crippen molar-refractivity contribution in [2.24, 2.45) is 5.92 Å². The second kappa shape index (κ2) is 11.2. The van der Waals surface area contributed by atoms with Crippen LogP contribution in [0.1, 0.15) is 42.7 Å². The molecule has 39 heavy (non-hydrogen) atoms. The van der Waals surface area contributed by atoms with Crippen molar-refractivity contribution in [2.45, 2.75) is 32.2 Å². The van der Waals surface area contributed by atoms with Crippen LogP contribution in [0.2, 0.25) is 0 Å². The Balaban J connectivity index is 1.59. The molecule has 1 aliphatic rings. The van der Waals surface area contributed by atoms with Gasteiger partial charge in [-0.3, -0.25) is 0 Å². The van der Waals surface area contributed by atoms with Crippen LogP contribution in [0.3, 0.4) is 0 Å². The van der Waals surface area contributed by atoms with E-state index in [1.54, 1.807) is 0 Å². The molecule has 4 nitrogen and oxygen atoms in total. The lowest BCUT2D eigenvalue weighted by Crippen LogP contribution is -2.28. The third kappa shape index (κ3) is 5.84. The number of ether oxygens (including phenoxy) is 3. The lowest BCUT2D eigenvalue weighted by atomic mass is 10.0. The summed E-state index contributed by atoms with van der Waals surface area (Å²) in [6.07, 6.45) is -4.24. The van der Waals surface area contributed by atoms with Crippen molar-refractivity contribution in [1.82, 2.24) is 0 Å². The number of rotatable bonds is 7. The Labute approximate surface area is 217 Å². The summed E-state index contributed by atoms with van der Waals surface area (Å²) in [6, 6.07) is 3.87. The predicted molar refractivity (Wildman–Crippen MR) is 120 cm³/mol. The molecule has 3 aromatic rings. The summed E-state index contributed by atoms with van der Waals surface area (Å²) in [5.41, 5.74) is -4.69. The number of hydrogen-bond acceptors (Lipinski definition) is 4. The van der Waals surface area contributed by atoms with E-state index < -0.39 is 75.3 Å². The molecule has 4 rings (SSSR count). The zero-order valence-electron chi connectivity index (χ0n) is 20.1. The lowest BCUT2D eigenvalue weighted by Gasteiger charge is -2.30. The summed E-state index contributed by atoms with van der Waals surface area (Å²) in [7, 11) is 0. The van der Waals surface area contributed by atoms with Crippen molar-refractivity contribution < 1.29 is 49.3 Å². The average Bonchev–Trinajstić information content (AvgIpc) is 2.83. The van der Waals surface area contributed by atoms with Gasteiger partial charge >= 0.3 is 6.11 Å². The van der Waals surface area contributed by atoms with Crippen LogP contribution in [0.25, 0.3) is 11.1 Å². The molecule has 0 N–H and O–H groups in total. The largest absolute Gasteiger partial charge is 0.432 e. The van der Waals surface area contributed by atoms with Crippen molar-refractivity contribution in [2.75, 3.05) is 13.2 Å². The Hall–Kier alpha value is -3.69. The minimum Gasteiger partial charge on any atom is -0.429 e. The van der Waals surface area contributed by atoms with E-state index >= 15 is 0 Å². The maximum Gasteiger partial charge on any atom is 0.432 e. The molecule has 3 aromatic carbocycles. The van der Waals surface area contributed by atoms with E-state index in [2.05, 4.69) is 4.74 Å². The number of nitrogens with zero attached hydrogens (tertiary/aromatic N) is 1. The van der Waals surface area contributed by atoms with E-state index in [1.165, 1.54) is 6.07 Å². The van der Waals surface area contributed by atoms with Crippen molar-refractivity contribution >= 4 is 0 Å². The molecule has 1 heterocycles. The van der Waals surface area contributed by atoms with E-state index in [0.717, 1.165) is 12.8 Å². The molecular formula is C27H19F8NO3. The summed E-state index contributed by atoms with van der Waals surface area (Å²) in [6.45, 7) is 2.46. The lowest BCUT2D eigenvalue weighted by molar-refractivity contribution is -0.206. The Bertz CT molecular complexity index is 1360. The first kappa shape index (κ1) is 28.3. The van der Waals surface area contributed by atoms with Gasteiger partial charge in [-0.2, -0.15) is 14.0 Å².